The molecule has 88 valence electrons. The number of carbonyl (C=O) groups excluding carboxylic acids is 1. The number of hydrogen-bond acceptors (Lipinski definition) is 6. The molecule has 16 heavy (non-hydrogen) atoms. The first-order valence-corrected chi connectivity index (χ1v) is 4.56. The van der Waals surface area contributed by atoms with Crippen molar-refractivity contribution in [1.82, 2.24) is 4.98 Å². The molecular weight excluding hydrogens is 212 g/mol. The Kier molecular flexibility index (Phi) is 3.90. The first-order chi connectivity index (χ1) is 7.54. The van der Waals surface area contributed by atoms with Crippen molar-refractivity contribution in [1.29, 1.82) is 0 Å². The van der Waals surface area contributed by atoms with Gasteiger partial charge < -0.3 is 26.6 Å². The van der Waals surface area contributed by atoms with Crippen LogP contribution in [0.4, 0.5) is 11.5 Å². The molecule has 0 aliphatic rings. The molecule has 0 aliphatic heterocycles. The summed E-state index contributed by atoms with van der Waals surface area (Å²) in [6.07, 6.45) is -1.26. The van der Waals surface area contributed by atoms with Crippen molar-refractivity contribution >= 4 is 17.4 Å². The number of pyridine rings is 1. The number of rotatable bonds is 5. The van der Waals surface area contributed by atoms with Gasteiger partial charge in [-0.3, -0.25) is 4.79 Å². The van der Waals surface area contributed by atoms with E-state index in [0.717, 1.165) is 0 Å². The standard InChI is InChI=1S/C9H14N4O3/c1-16-9-5(10)2-3-7(13-9)12-4-6(14)8(11)15/h2-3,6,14H,4,10H2,1H3,(H2,11,15)(H,12,13). The van der Waals surface area contributed by atoms with Gasteiger partial charge in [0, 0.05) is 0 Å². The first kappa shape index (κ1) is 12.1. The summed E-state index contributed by atoms with van der Waals surface area (Å²) in [7, 11) is 1.45. The Labute approximate surface area is 92.4 Å². The van der Waals surface area contributed by atoms with E-state index in [1.54, 1.807) is 12.1 Å². The van der Waals surface area contributed by atoms with Gasteiger partial charge in [-0.2, -0.15) is 4.98 Å². The fraction of sp³-hybridized carbons (Fsp3) is 0.333. The number of nitrogen functional groups attached to an aromatic ring is 1. The van der Waals surface area contributed by atoms with E-state index < -0.39 is 12.0 Å². The number of methoxy groups -OCH3 is 1. The Hall–Kier alpha value is -2.02. The maximum Gasteiger partial charge on any atom is 0.248 e. The molecule has 0 aliphatic carbocycles. The van der Waals surface area contributed by atoms with E-state index in [1.165, 1.54) is 7.11 Å². The summed E-state index contributed by atoms with van der Waals surface area (Å²) in [6.45, 7) is -0.0184. The largest absolute Gasteiger partial charge is 0.479 e. The van der Waals surface area contributed by atoms with Gasteiger partial charge in [-0.1, -0.05) is 0 Å². The van der Waals surface area contributed by atoms with E-state index >= 15 is 0 Å². The average Bonchev–Trinajstić information content (AvgIpc) is 2.27. The molecule has 0 bridgehead atoms. The van der Waals surface area contributed by atoms with Gasteiger partial charge >= 0.3 is 0 Å². The van der Waals surface area contributed by atoms with E-state index in [9.17, 15) is 4.79 Å². The maximum atomic E-state index is 10.6. The van der Waals surface area contributed by atoms with Gasteiger partial charge in [-0.25, -0.2) is 0 Å². The van der Waals surface area contributed by atoms with Crippen LogP contribution in [0.1, 0.15) is 0 Å². The highest BCUT2D eigenvalue weighted by Gasteiger charge is 2.10. The molecule has 1 aromatic heterocycles. The van der Waals surface area contributed by atoms with Crippen molar-refractivity contribution in [2.75, 3.05) is 24.7 Å². The van der Waals surface area contributed by atoms with Crippen molar-refractivity contribution in [3.05, 3.63) is 12.1 Å². The van der Waals surface area contributed by atoms with Gasteiger partial charge in [-0.05, 0) is 12.1 Å². The third-order valence-electron chi connectivity index (χ3n) is 1.89. The van der Waals surface area contributed by atoms with Crippen molar-refractivity contribution < 1.29 is 14.6 Å². The lowest BCUT2D eigenvalue weighted by Crippen LogP contribution is -2.34. The monoisotopic (exact) mass is 226 g/mol. The van der Waals surface area contributed by atoms with E-state index in [0.29, 0.717) is 11.5 Å². The lowest BCUT2D eigenvalue weighted by Gasteiger charge is -2.10. The summed E-state index contributed by atoms with van der Waals surface area (Å²) in [4.78, 5) is 14.6. The lowest BCUT2D eigenvalue weighted by molar-refractivity contribution is -0.125. The molecule has 0 saturated carbocycles. The third kappa shape index (κ3) is 2.99. The molecule has 0 fully saturated rings. The van der Waals surface area contributed by atoms with Crippen LogP contribution in [0.5, 0.6) is 5.88 Å². The maximum absolute atomic E-state index is 10.6. The summed E-state index contributed by atoms with van der Waals surface area (Å²) in [5.41, 5.74) is 10.9. The second-order valence-corrected chi connectivity index (χ2v) is 3.09. The number of nitrogens with zero attached hydrogens (tertiary/aromatic N) is 1. The first-order valence-electron chi connectivity index (χ1n) is 4.56. The normalized spacial score (nSPS) is 11.9. The van der Waals surface area contributed by atoms with Gasteiger partial charge in [-0.15, -0.1) is 0 Å². The number of aliphatic hydroxyl groups is 1. The average molecular weight is 226 g/mol. The van der Waals surface area contributed by atoms with Crippen molar-refractivity contribution in [2.45, 2.75) is 6.10 Å². The highest BCUT2D eigenvalue weighted by Crippen LogP contribution is 2.19. The van der Waals surface area contributed by atoms with Crippen LogP contribution in [0.2, 0.25) is 0 Å². The van der Waals surface area contributed by atoms with Crippen LogP contribution in [-0.2, 0) is 4.79 Å². The van der Waals surface area contributed by atoms with E-state index in [1.807, 2.05) is 0 Å². The van der Waals surface area contributed by atoms with Gasteiger partial charge in [0.25, 0.3) is 0 Å². The molecule has 1 amide bonds. The Morgan fingerprint density at radius 3 is 2.94 bits per heavy atom. The predicted octanol–water partition coefficient (Wildman–Crippen LogP) is -1.07. The van der Waals surface area contributed by atoms with Crippen LogP contribution < -0.4 is 21.5 Å². The Morgan fingerprint density at radius 1 is 1.69 bits per heavy atom. The molecule has 1 atom stereocenters. The summed E-state index contributed by atoms with van der Waals surface area (Å²) in [6, 6.07) is 3.20. The number of aliphatic hydroxyl groups excluding tert-OH is 1. The number of anilines is 2. The second-order valence-electron chi connectivity index (χ2n) is 3.09. The zero-order valence-electron chi connectivity index (χ0n) is 8.80. The van der Waals surface area contributed by atoms with Gasteiger partial charge in [0.05, 0.1) is 19.3 Å². The molecule has 0 radical (unpaired) electrons. The SMILES string of the molecule is COc1nc(NCC(O)C(N)=O)ccc1N. The third-order valence-corrected chi connectivity index (χ3v) is 1.89. The summed E-state index contributed by atoms with van der Waals surface area (Å²) in [5, 5.41) is 11.9. The summed E-state index contributed by atoms with van der Waals surface area (Å²) < 4.78 is 4.91. The minimum Gasteiger partial charge on any atom is -0.479 e. The number of carbonyl (C=O) groups is 1. The summed E-state index contributed by atoms with van der Waals surface area (Å²) in [5.74, 6) is -0.0835. The Balaban J connectivity index is 2.64. The molecule has 0 saturated heterocycles. The smallest absolute Gasteiger partial charge is 0.248 e. The molecule has 7 heteroatoms. The quantitative estimate of drug-likeness (QED) is 0.507. The number of hydrogen-bond donors (Lipinski definition) is 4. The van der Waals surface area contributed by atoms with Crippen molar-refractivity contribution in [2.24, 2.45) is 5.73 Å². The Morgan fingerprint density at radius 2 is 2.38 bits per heavy atom. The van der Waals surface area contributed by atoms with E-state index in [2.05, 4.69) is 10.3 Å². The number of ether oxygens (including phenoxy) is 1. The van der Waals surface area contributed by atoms with Crippen LogP contribution in [-0.4, -0.2) is 35.8 Å². The number of nitrogens with two attached hydrogens (primary N) is 2. The Bertz CT molecular complexity index is 383. The van der Waals surface area contributed by atoms with Crippen molar-refractivity contribution in [3.8, 4) is 5.88 Å². The minimum atomic E-state index is -1.26. The molecule has 6 N–H and O–H groups in total. The second kappa shape index (κ2) is 5.17. The number of primary amides is 1. The van der Waals surface area contributed by atoms with Crippen LogP contribution in [0, 0.1) is 0 Å². The van der Waals surface area contributed by atoms with Crippen LogP contribution in [0.25, 0.3) is 0 Å². The van der Waals surface area contributed by atoms with Crippen LogP contribution in [0.3, 0.4) is 0 Å². The molecular formula is C9H14N4O3. The topological polar surface area (TPSA) is 123 Å². The van der Waals surface area contributed by atoms with E-state index in [4.69, 9.17) is 21.3 Å². The van der Waals surface area contributed by atoms with Crippen LogP contribution in [0.15, 0.2) is 12.1 Å². The van der Waals surface area contributed by atoms with Gasteiger partial charge in [0.2, 0.25) is 11.8 Å². The molecule has 1 aromatic rings. The minimum absolute atomic E-state index is 0.0184. The lowest BCUT2D eigenvalue weighted by atomic mass is 10.3. The highest BCUT2D eigenvalue weighted by molar-refractivity contribution is 5.79. The van der Waals surface area contributed by atoms with Gasteiger partial charge in [0.1, 0.15) is 11.9 Å². The highest BCUT2D eigenvalue weighted by atomic mass is 16.5. The fourth-order valence-electron chi connectivity index (χ4n) is 1.02. The van der Waals surface area contributed by atoms with Gasteiger partial charge in [0.15, 0.2) is 0 Å². The molecule has 1 rings (SSSR count). The zero-order chi connectivity index (χ0) is 12.1. The number of nitrogens with one attached hydrogen (secondary N) is 1. The molecule has 1 unspecified atom stereocenters. The van der Waals surface area contributed by atoms with Crippen molar-refractivity contribution in [3.63, 3.8) is 0 Å². The summed E-state index contributed by atoms with van der Waals surface area (Å²) >= 11 is 0. The fourth-order valence-corrected chi connectivity index (χ4v) is 1.02. The number of amides is 1. The molecule has 0 aromatic carbocycles. The van der Waals surface area contributed by atoms with E-state index in [-0.39, 0.29) is 12.4 Å². The predicted molar refractivity (Wildman–Crippen MR) is 58.9 cm³/mol. The number of aromatic nitrogens is 1. The molecule has 1 heterocycles. The molecule has 0 spiro atoms. The van der Waals surface area contributed by atoms with Crippen LogP contribution >= 0.6 is 0 Å². The zero-order valence-corrected chi connectivity index (χ0v) is 8.80. The molecule has 7 nitrogen and oxygen atoms in total.